The van der Waals surface area contributed by atoms with Crippen molar-refractivity contribution >= 4 is 5.91 Å². The second-order valence-electron chi connectivity index (χ2n) is 5.66. The van der Waals surface area contributed by atoms with Crippen LogP contribution in [0.2, 0.25) is 0 Å². The van der Waals surface area contributed by atoms with Crippen LogP contribution in [-0.4, -0.2) is 17.1 Å². The van der Waals surface area contributed by atoms with Crippen molar-refractivity contribution in [1.29, 1.82) is 0 Å². The smallest absolute Gasteiger partial charge is 0.261 e. The second-order valence-corrected chi connectivity index (χ2v) is 5.66. The Kier molecular flexibility index (Phi) is 5.45. The molecule has 2 aromatic rings. The molecule has 23 heavy (non-hydrogen) atoms. The lowest BCUT2D eigenvalue weighted by Crippen LogP contribution is -2.37. The maximum Gasteiger partial charge on any atom is 0.261 e. The van der Waals surface area contributed by atoms with E-state index in [1.54, 1.807) is 31.2 Å². The first-order valence-corrected chi connectivity index (χ1v) is 7.64. The summed E-state index contributed by atoms with van der Waals surface area (Å²) >= 11 is 0. The zero-order valence-corrected chi connectivity index (χ0v) is 13.9. The molecule has 0 bridgehead atoms. The van der Waals surface area contributed by atoms with Crippen LogP contribution in [0.5, 0.6) is 5.75 Å². The van der Waals surface area contributed by atoms with Gasteiger partial charge in [-0.2, -0.15) is 0 Å². The predicted molar refractivity (Wildman–Crippen MR) is 87.2 cm³/mol. The van der Waals surface area contributed by atoms with E-state index < -0.39 is 6.10 Å². The molecule has 2 N–H and O–H groups in total. The number of rotatable bonds is 6. The highest BCUT2D eigenvalue weighted by Crippen LogP contribution is 2.21. The van der Waals surface area contributed by atoms with Gasteiger partial charge in [0.15, 0.2) is 6.10 Å². The van der Waals surface area contributed by atoms with Gasteiger partial charge in [0.05, 0.1) is 12.6 Å². The molecule has 124 valence electrons. The van der Waals surface area contributed by atoms with Gasteiger partial charge < -0.3 is 19.6 Å². The van der Waals surface area contributed by atoms with Gasteiger partial charge in [-0.15, -0.1) is 0 Å². The molecule has 0 radical (unpaired) electrons. The van der Waals surface area contributed by atoms with Crippen molar-refractivity contribution in [3.63, 3.8) is 0 Å². The molecule has 2 rings (SSSR count). The molecule has 0 saturated heterocycles. The average Bonchev–Trinajstić information content (AvgIpc) is 2.86. The van der Waals surface area contributed by atoms with Gasteiger partial charge in [-0.3, -0.25) is 4.79 Å². The number of aliphatic hydroxyl groups excluding tert-OH is 1. The molecular formula is C18H23NO4. The number of hydrogen-bond donors (Lipinski definition) is 2. The summed E-state index contributed by atoms with van der Waals surface area (Å²) < 4.78 is 11.1. The fourth-order valence-electron chi connectivity index (χ4n) is 2.46. The molecule has 0 aliphatic heterocycles. The van der Waals surface area contributed by atoms with Crippen LogP contribution >= 0.6 is 0 Å². The molecule has 0 saturated carbocycles. The van der Waals surface area contributed by atoms with Gasteiger partial charge in [0.25, 0.3) is 5.91 Å². The summed E-state index contributed by atoms with van der Waals surface area (Å²) in [5.41, 5.74) is 1.71. The summed E-state index contributed by atoms with van der Waals surface area (Å²) in [6, 6.07) is 8.83. The Bertz CT molecular complexity index is 677. The maximum atomic E-state index is 12.3. The third-order valence-corrected chi connectivity index (χ3v) is 3.67. The number of amides is 1. The second kappa shape index (κ2) is 7.33. The van der Waals surface area contributed by atoms with Crippen molar-refractivity contribution in [3.05, 3.63) is 53.0 Å². The molecule has 1 amide bonds. The Labute approximate surface area is 136 Å². The standard InChI is InChI=1S/C18H23NO4/c1-11-8-17(13(3)22-11)12(2)19-18(21)14(4)23-16-7-5-6-15(9-16)10-20/h5-9,12,14,20H,10H2,1-4H3,(H,19,21). The third kappa shape index (κ3) is 4.36. The fourth-order valence-corrected chi connectivity index (χ4v) is 2.46. The summed E-state index contributed by atoms with van der Waals surface area (Å²) in [5, 5.41) is 12.1. The van der Waals surface area contributed by atoms with Crippen molar-refractivity contribution in [1.82, 2.24) is 5.32 Å². The van der Waals surface area contributed by atoms with E-state index in [2.05, 4.69) is 5.32 Å². The summed E-state index contributed by atoms with van der Waals surface area (Å²) in [7, 11) is 0. The Morgan fingerprint density at radius 3 is 2.65 bits per heavy atom. The topological polar surface area (TPSA) is 71.7 Å². The molecule has 0 aliphatic rings. The number of carbonyl (C=O) groups excluding carboxylic acids is 1. The van der Waals surface area contributed by atoms with E-state index in [9.17, 15) is 4.79 Å². The van der Waals surface area contributed by atoms with E-state index in [0.717, 1.165) is 22.6 Å². The fraction of sp³-hybridized carbons (Fsp3) is 0.389. The number of furan rings is 1. The zero-order chi connectivity index (χ0) is 17.0. The van der Waals surface area contributed by atoms with E-state index in [-0.39, 0.29) is 18.6 Å². The van der Waals surface area contributed by atoms with E-state index >= 15 is 0 Å². The van der Waals surface area contributed by atoms with Crippen molar-refractivity contribution in [3.8, 4) is 5.75 Å². The van der Waals surface area contributed by atoms with Gasteiger partial charge in [0, 0.05) is 5.56 Å². The quantitative estimate of drug-likeness (QED) is 0.859. The van der Waals surface area contributed by atoms with E-state index in [0.29, 0.717) is 5.75 Å². The summed E-state index contributed by atoms with van der Waals surface area (Å²) in [4.78, 5) is 12.3. The predicted octanol–water partition coefficient (Wildman–Crippen LogP) is 3.03. The molecule has 5 nitrogen and oxygen atoms in total. The third-order valence-electron chi connectivity index (χ3n) is 3.67. The lowest BCUT2D eigenvalue weighted by Gasteiger charge is -2.18. The highest BCUT2D eigenvalue weighted by molar-refractivity contribution is 5.81. The molecule has 0 spiro atoms. The molecule has 1 aromatic carbocycles. The molecule has 5 heteroatoms. The molecule has 2 unspecified atom stereocenters. The number of ether oxygens (including phenoxy) is 1. The lowest BCUT2D eigenvalue weighted by atomic mass is 10.1. The van der Waals surface area contributed by atoms with Crippen LogP contribution in [0.3, 0.4) is 0 Å². The monoisotopic (exact) mass is 317 g/mol. The number of carbonyl (C=O) groups is 1. The number of aliphatic hydroxyl groups is 1. The zero-order valence-electron chi connectivity index (χ0n) is 13.9. The van der Waals surface area contributed by atoms with Crippen molar-refractivity contribution in [2.75, 3.05) is 0 Å². The van der Waals surface area contributed by atoms with Crippen LogP contribution in [-0.2, 0) is 11.4 Å². The minimum absolute atomic E-state index is 0.0616. The summed E-state index contributed by atoms with van der Waals surface area (Å²) in [6.45, 7) is 7.31. The van der Waals surface area contributed by atoms with Gasteiger partial charge in [-0.05, 0) is 51.5 Å². The summed E-state index contributed by atoms with van der Waals surface area (Å²) in [6.07, 6.45) is -0.639. The largest absolute Gasteiger partial charge is 0.481 e. The van der Waals surface area contributed by atoms with Gasteiger partial charge in [0.2, 0.25) is 0 Å². The Morgan fingerprint density at radius 1 is 1.30 bits per heavy atom. The summed E-state index contributed by atoms with van der Waals surface area (Å²) in [5.74, 6) is 1.98. The van der Waals surface area contributed by atoms with Gasteiger partial charge >= 0.3 is 0 Å². The number of hydrogen-bond acceptors (Lipinski definition) is 4. The van der Waals surface area contributed by atoms with Crippen LogP contribution in [0.1, 0.15) is 42.5 Å². The lowest BCUT2D eigenvalue weighted by molar-refractivity contribution is -0.127. The van der Waals surface area contributed by atoms with Crippen molar-refractivity contribution in [2.45, 2.75) is 46.4 Å². The minimum atomic E-state index is -0.639. The molecule has 0 fully saturated rings. The molecular weight excluding hydrogens is 294 g/mol. The highest BCUT2D eigenvalue weighted by atomic mass is 16.5. The van der Waals surface area contributed by atoms with E-state index in [1.807, 2.05) is 26.8 Å². The Morgan fingerprint density at radius 2 is 2.04 bits per heavy atom. The minimum Gasteiger partial charge on any atom is -0.481 e. The Balaban J connectivity index is 1.98. The Hall–Kier alpha value is -2.27. The van der Waals surface area contributed by atoms with Crippen LogP contribution in [0.25, 0.3) is 0 Å². The SMILES string of the molecule is Cc1cc(C(C)NC(=O)C(C)Oc2cccc(CO)c2)c(C)o1. The van der Waals surface area contributed by atoms with Crippen LogP contribution < -0.4 is 10.1 Å². The number of benzene rings is 1. The van der Waals surface area contributed by atoms with E-state index in [4.69, 9.17) is 14.3 Å². The first kappa shape index (κ1) is 17.1. The number of aryl methyl sites for hydroxylation is 2. The molecule has 1 heterocycles. The average molecular weight is 317 g/mol. The molecule has 1 aromatic heterocycles. The van der Waals surface area contributed by atoms with Gasteiger partial charge in [0.1, 0.15) is 17.3 Å². The first-order chi connectivity index (χ1) is 10.9. The van der Waals surface area contributed by atoms with Gasteiger partial charge in [-0.1, -0.05) is 12.1 Å². The number of nitrogens with one attached hydrogen (secondary N) is 1. The first-order valence-electron chi connectivity index (χ1n) is 7.64. The van der Waals surface area contributed by atoms with Crippen LogP contribution in [0.15, 0.2) is 34.7 Å². The van der Waals surface area contributed by atoms with E-state index in [1.165, 1.54) is 0 Å². The molecule has 0 aliphatic carbocycles. The van der Waals surface area contributed by atoms with Gasteiger partial charge in [-0.25, -0.2) is 0 Å². The van der Waals surface area contributed by atoms with Crippen LogP contribution in [0.4, 0.5) is 0 Å². The highest BCUT2D eigenvalue weighted by Gasteiger charge is 2.20. The molecule has 2 atom stereocenters. The van der Waals surface area contributed by atoms with Crippen molar-refractivity contribution < 1.29 is 19.1 Å². The van der Waals surface area contributed by atoms with Crippen molar-refractivity contribution in [2.24, 2.45) is 0 Å². The normalized spacial score (nSPS) is 13.4. The van der Waals surface area contributed by atoms with Crippen LogP contribution in [0, 0.1) is 13.8 Å². The maximum absolute atomic E-state index is 12.3.